The van der Waals surface area contributed by atoms with Gasteiger partial charge >= 0.3 is 0 Å². The van der Waals surface area contributed by atoms with E-state index < -0.39 is 0 Å². The molecule has 198 valence electrons. The van der Waals surface area contributed by atoms with Crippen LogP contribution >= 0.6 is 11.3 Å². The van der Waals surface area contributed by atoms with Crippen molar-refractivity contribution in [2.75, 3.05) is 13.2 Å². The van der Waals surface area contributed by atoms with Gasteiger partial charge in [-0.25, -0.2) is 9.67 Å². The third kappa shape index (κ3) is 4.27. The van der Waals surface area contributed by atoms with Crippen LogP contribution in [0, 0.1) is 17.2 Å². The number of nitrogens with one attached hydrogen (secondary N) is 1. The van der Waals surface area contributed by atoms with E-state index in [0.717, 1.165) is 36.1 Å². The maximum atomic E-state index is 13.2. The molecule has 0 fully saturated rings. The van der Waals surface area contributed by atoms with Crippen LogP contribution in [-0.4, -0.2) is 33.0 Å². The largest absolute Gasteiger partial charge is 0.486 e. The maximum absolute atomic E-state index is 13.2. The van der Waals surface area contributed by atoms with Gasteiger partial charge in [-0.15, -0.1) is 11.3 Å². The fourth-order valence-corrected chi connectivity index (χ4v) is 6.79. The number of benzene rings is 2. The van der Waals surface area contributed by atoms with Crippen molar-refractivity contribution in [3.63, 3.8) is 0 Å². The molecule has 40 heavy (non-hydrogen) atoms. The van der Waals surface area contributed by atoms with Gasteiger partial charge < -0.3 is 14.5 Å². The summed E-state index contributed by atoms with van der Waals surface area (Å²) in [6.45, 7) is 3.23. The molecule has 7 rings (SSSR count). The van der Waals surface area contributed by atoms with Crippen LogP contribution in [0.1, 0.15) is 35.2 Å². The lowest BCUT2D eigenvalue weighted by molar-refractivity contribution is 0.171. The first-order valence-electron chi connectivity index (χ1n) is 13.3. The number of hydrogen-bond acceptors (Lipinski definition) is 7. The average Bonchev–Trinajstić information content (AvgIpc) is 3.57. The van der Waals surface area contributed by atoms with Crippen LogP contribution < -0.4 is 15.0 Å². The number of rotatable bonds is 4. The monoisotopic (exact) mass is 547 g/mol. The number of allylic oxidation sites excluding steroid dienone is 1. The lowest BCUT2D eigenvalue weighted by Crippen LogP contribution is -2.15. The van der Waals surface area contributed by atoms with E-state index in [1.54, 1.807) is 22.1 Å². The number of aromatic nitrogens is 4. The first-order chi connectivity index (χ1) is 19.6. The molecular weight excluding hydrogens is 522 g/mol. The standard InChI is InChI=1S/C31H25N5O3S/c1-18-7-9-23-26(13-18)40-31-27(23)30(37)33-29(34-31)20(16-32)14-21-17-36(22-5-3-2-4-6-22)35-28(21)19-8-10-24-25(15-19)39-12-11-38-24/h2-6,8,10,14-15,17-18H,7,9,11-13H2,1H3,(H,33,34,37)/b20-14+/t18-/m0/s1. The van der Waals surface area contributed by atoms with Crippen LogP contribution in [0.5, 0.6) is 11.5 Å². The Hall–Kier alpha value is -4.68. The Morgan fingerprint density at radius 2 is 2.00 bits per heavy atom. The van der Waals surface area contributed by atoms with Crippen molar-refractivity contribution >= 4 is 33.2 Å². The highest BCUT2D eigenvalue weighted by molar-refractivity contribution is 7.18. The maximum Gasteiger partial charge on any atom is 0.260 e. The van der Waals surface area contributed by atoms with E-state index in [-0.39, 0.29) is 17.0 Å². The summed E-state index contributed by atoms with van der Waals surface area (Å²) in [4.78, 5) is 22.8. The molecule has 0 bridgehead atoms. The Morgan fingerprint density at radius 3 is 2.83 bits per heavy atom. The van der Waals surface area contributed by atoms with Crippen LogP contribution in [0.4, 0.5) is 0 Å². The topological polar surface area (TPSA) is 106 Å². The molecule has 8 nitrogen and oxygen atoms in total. The van der Waals surface area contributed by atoms with E-state index in [1.807, 2.05) is 54.7 Å². The molecule has 0 saturated heterocycles. The predicted molar refractivity (Wildman–Crippen MR) is 155 cm³/mol. The molecule has 1 N–H and O–H groups in total. The number of aryl methyl sites for hydroxylation is 1. The summed E-state index contributed by atoms with van der Waals surface area (Å²) in [6, 6.07) is 17.7. The summed E-state index contributed by atoms with van der Waals surface area (Å²) in [5.74, 6) is 2.19. The first kappa shape index (κ1) is 24.4. The van der Waals surface area contributed by atoms with Crippen LogP contribution in [-0.2, 0) is 12.8 Å². The number of thiophene rings is 1. The Labute approximate surface area is 234 Å². The van der Waals surface area contributed by atoms with Gasteiger partial charge in [-0.3, -0.25) is 4.79 Å². The van der Waals surface area contributed by atoms with Crippen molar-refractivity contribution in [2.45, 2.75) is 26.2 Å². The minimum Gasteiger partial charge on any atom is -0.486 e. The van der Waals surface area contributed by atoms with Gasteiger partial charge in [0.25, 0.3) is 5.56 Å². The van der Waals surface area contributed by atoms with Crippen LogP contribution in [0.3, 0.4) is 0 Å². The molecule has 1 aliphatic heterocycles. The summed E-state index contributed by atoms with van der Waals surface area (Å²) >= 11 is 1.57. The smallest absolute Gasteiger partial charge is 0.260 e. The van der Waals surface area contributed by atoms with E-state index in [0.29, 0.717) is 52.1 Å². The normalized spacial score (nSPS) is 16.5. The molecule has 2 aromatic carbocycles. The molecule has 1 aliphatic carbocycles. The van der Waals surface area contributed by atoms with E-state index in [1.165, 1.54) is 4.88 Å². The van der Waals surface area contributed by atoms with Gasteiger partial charge in [0.1, 0.15) is 29.8 Å². The van der Waals surface area contributed by atoms with Crippen molar-refractivity contribution in [1.82, 2.24) is 19.7 Å². The fraction of sp³-hybridized carbons (Fsp3) is 0.226. The molecule has 0 radical (unpaired) electrons. The number of hydrogen-bond donors (Lipinski definition) is 1. The van der Waals surface area contributed by atoms with E-state index >= 15 is 0 Å². The molecule has 9 heteroatoms. The van der Waals surface area contributed by atoms with E-state index in [4.69, 9.17) is 19.6 Å². The number of H-pyrrole nitrogens is 1. The zero-order valence-electron chi connectivity index (χ0n) is 21.8. The van der Waals surface area contributed by atoms with Crippen molar-refractivity contribution < 1.29 is 9.47 Å². The number of nitriles is 1. The molecule has 0 amide bonds. The van der Waals surface area contributed by atoms with Crippen molar-refractivity contribution in [1.29, 1.82) is 5.26 Å². The SMILES string of the molecule is C[C@H]1CCc2c(sc3nc(/C(C#N)=C/c4cn(-c5ccccc5)nc4-c4ccc5c(c4)OCCO5)[nH]c(=O)c23)C1. The predicted octanol–water partition coefficient (Wildman–Crippen LogP) is 5.80. The van der Waals surface area contributed by atoms with Gasteiger partial charge in [-0.2, -0.15) is 10.4 Å². The van der Waals surface area contributed by atoms with E-state index in [9.17, 15) is 10.1 Å². The lowest BCUT2D eigenvalue weighted by Gasteiger charge is -2.18. The van der Waals surface area contributed by atoms with Gasteiger partial charge in [0, 0.05) is 22.2 Å². The zero-order valence-corrected chi connectivity index (χ0v) is 22.6. The molecule has 0 spiro atoms. The Balaban J connectivity index is 1.36. The molecule has 3 aromatic heterocycles. The van der Waals surface area contributed by atoms with E-state index in [2.05, 4.69) is 18.0 Å². The average molecular weight is 548 g/mol. The number of para-hydroxylation sites is 1. The second kappa shape index (κ2) is 9.81. The quantitative estimate of drug-likeness (QED) is 0.285. The molecule has 0 saturated carbocycles. The lowest BCUT2D eigenvalue weighted by atomic mass is 9.89. The van der Waals surface area contributed by atoms with Crippen molar-refractivity contribution in [2.24, 2.45) is 5.92 Å². The van der Waals surface area contributed by atoms with Crippen molar-refractivity contribution in [3.8, 4) is 34.5 Å². The minimum absolute atomic E-state index is 0.194. The van der Waals surface area contributed by atoms with Crippen LogP contribution in [0.15, 0.2) is 59.5 Å². The Kier molecular flexibility index (Phi) is 5.98. The highest BCUT2D eigenvalue weighted by Gasteiger charge is 2.24. The molecule has 2 aliphatic rings. The fourth-order valence-electron chi connectivity index (χ4n) is 5.41. The molecule has 0 unspecified atom stereocenters. The van der Waals surface area contributed by atoms with Crippen LogP contribution in [0.25, 0.3) is 38.8 Å². The second-order valence-electron chi connectivity index (χ2n) is 10.2. The third-order valence-electron chi connectivity index (χ3n) is 7.42. The molecular formula is C31H25N5O3S. The molecule has 5 aromatic rings. The van der Waals surface area contributed by atoms with Gasteiger partial charge in [0.05, 0.1) is 16.6 Å². The highest BCUT2D eigenvalue weighted by Crippen LogP contribution is 2.38. The van der Waals surface area contributed by atoms with Crippen molar-refractivity contribution in [3.05, 3.63) is 86.9 Å². The molecule has 1 atom stereocenters. The summed E-state index contributed by atoms with van der Waals surface area (Å²) in [7, 11) is 0. The molecule has 4 heterocycles. The summed E-state index contributed by atoms with van der Waals surface area (Å²) in [5, 5.41) is 15.7. The second-order valence-corrected chi connectivity index (χ2v) is 11.3. The van der Waals surface area contributed by atoms with Gasteiger partial charge in [-0.1, -0.05) is 25.1 Å². The number of ether oxygens (including phenoxy) is 2. The summed E-state index contributed by atoms with van der Waals surface area (Å²) in [5.41, 5.74) is 4.25. The summed E-state index contributed by atoms with van der Waals surface area (Å²) in [6.07, 6.45) is 6.53. The number of aromatic amines is 1. The number of fused-ring (bicyclic) bond motifs is 4. The Morgan fingerprint density at radius 1 is 1.18 bits per heavy atom. The van der Waals surface area contributed by atoms with Gasteiger partial charge in [0.15, 0.2) is 17.3 Å². The highest BCUT2D eigenvalue weighted by atomic mass is 32.1. The van der Waals surface area contributed by atoms with Gasteiger partial charge in [-0.05, 0) is 67.2 Å². The third-order valence-corrected chi connectivity index (χ3v) is 8.57. The zero-order chi connectivity index (χ0) is 27.2. The Bertz CT molecular complexity index is 1890. The first-order valence-corrected chi connectivity index (χ1v) is 14.1. The summed E-state index contributed by atoms with van der Waals surface area (Å²) < 4.78 is 13.3. The minimum atomic E-state index is -0.194. The van der Waals surface area contributed by atoms with Gasteiger partial charge in [0.2, 0.25) is 0 Å². The van der Waals surface area contributed by atoms with Crippen LogP contribution in [0.2, 0.25) is 0 Å². The number of nitrogens with zero attached hydrogens (tertiary/aromatic N) is 4.